The Bertz CT molecular complexity index is 522. The van der Waals surface area contributed by atoms with E-state index >= 15 is 0 Å². The van der Waals surface area contributed by atoms with Crippen LogP contribution in [0.5, 0.6) is 0 Å². The van der Waals surface area contributed by atoms with Crippen molar-refractivity contribution in [1.82, 2.24) is 5.32 Å². The fraction of sp³-hybridized carbons (Fsp3) is 0.556. The number of carbonyl (C=O) groups is 2. The number of rotatable bonds is 5. The number of hydrogen-bond acceptors (Lipinski definition) is 3. The largest absolute Gasteiger partial charge is 0.468 e. The van der Waals surface area contributed by atoms with Gasteiger partial charge in [0.25, 0.3) is 0 Å². The van der Waals surface area contributed by atoms with Gasteiger partial charge in [-0.25, -0.2) is 0 Å². The maximum absolute atomic E-state index is 12.6. The summed E-state index contributed by atoms with van der Waals surface area (Å²) in [5, 5.41) is 3.53. The van der Waals surface area contributed by atoms with Gasteiger partial charge in [-0.3, -0.25) is 9.59 Å². The molecule has 23 heavy (non-hydrogen) atoms. The molecule has 1 aromatic rings. The van der Waals surface area contributed by atoms with Crippen LogP contribution in [-0.2, 0) is 20.9 Å². The number of nitrogens with one attached hydrogen (secondary N) is 1. The topological polar surface area (TPSA) is 55.4 Å². The Kier molecular flexibility index (Phi) is 6.90. The minimum Gasteiger partial charge on any atom is -0.468 e. The molecule has 0 aliphatic heterocycles. The Morgan fingerprint density at radius 1 is 1.17 bits per heavy atom. The smallest absolute Gasteiger partial charge is 0.318 e. The fourth-order valence-corrected chi connectivity index (χ4v) is 3.31. The van der Waals surface area contributed by atoms with E-state index in [1.807, 2.05) is 12.1 Å². The van der Waals surface area contributed by atoms with Gasteiger partial charge in [-0.1, -0.05) is 49.4 Å². The normalized spacial score (nSPS) is 17.1. The summed E-state index contributed by atoms with van der Waals surface area (Å²) in [6, 6.07) is 7.29. The van der Waals surface area contributed by atoms with Gasteiger partial charge < -0.3 is 10.1 Å². The molecule has 0 saturated heterocycles. The van der Waals surface area contributed by atoms with Crippen LogP contribution >= 0.6 is 11.6 Å². The minimum absolute atomic E-state index is 0.0789. The van der Waals surface area contributed by atoms with Gasteiger partial charge in [0.05, 0.1) is 7.11 Å². The van der Waals surface area contributed by atoms with Crippen molar-refractivity contribution in [3.63, 3.8) is 0 Å². The molecule has 1 N–H and O–H groups in total. The van der Waals surface area contributed by atoms with Crippen LogP contribution in [0.1, 0.15) is 44.1 Å². The molecule has 126 valence electrons. The van der Waals surface area contributed by atoms with Crippen molar-refractivity contribution in [1.29, 1.82) is 0 Å². The number of hydrogen-bond donors (Lipinski definition) is 1. The highest BCUT2D eigenvalue weighted by atomic mass is 35.5. The van der Waals surface area contributed by atoms with E-state index in [9.17, 15) is 9.59 Å². The van der Waals surface area contributed by atoms with Crippen LogP contribution in [0.2, 0.25) is 5.02 Å². The predicted molar refractivity (Wildman–Crippen MR) is 90.0 cm³/mol. The summed E-state index contributed by atoms with van der Waals surface area (Å²) >= 11 is 5.85. The first-order valence-corrected chi connectivity index (χ1v) is 8.59. The molecule has 0 radical (unpaired) electrons. The van der Waals surface area contributed by atoms with Crippen LogP contribution in [-0.4, -0.2) is 19.0 Å². The number of benzene rings is 1. The summed E-state index contributed by atoms with van der Waals surface area (Å²) in [6.07, 6.45) is 6.32. The molecule has 1 fully saturated rings. The third kappa shape index (κ3) is 5.24. The molecule has 0 heterocycles. The second-order valence-corrected chi connectivity index (χ2v) is 6.53. The van der Waals surface area contributed by atoms with Gasteiger partial charge in [-0.15, -0.1) is 0 Å². The SMILES string of the molecule is COC(=O)[C@@H](C(=O)NCc1ccc(Cl)cc1)C1CCCCCC1. The Hall–Kier alpha value is -1.55. The number of amides is 1. The summed E-state index contributed by atoms with van der Waals surface area (Å²) in [4.78, 5) is 24.7. The first-order valence-electron chi connectivity index (χ1n) is 8.22. The molecule has 2 rings (SSSR count). The highest BCUT2D eigenvalue weighted by Crippen LogP contribution is 2.30. The fourth-order valence-electron chi connectivity index (χ4n) is 3.19. The summed E-state index contributed by atoms with van der Waals surface area (Å²) in [6.45, 7) is 0.385. The predicted octanol–water partition coefficient (Wildman–Crippen LogP) is 3.72. The van der Waals surface area contributed by atoms with Crippen molar-refractivity contribution >= 4 is 23.5 Å². The molecule has 1 aliphatic carbocycles. The van der Waals surface area contributed by atoms with Gasteiger partial charge in [0, 0.05) is 11.6 Å². The first-order chi connectivity index (χ1) is 11.1. The number of halogens is 1. The monoisotopic (exact) mass is 337 g/mol. The number of carbonyl (C=O) groups excluding carboxylic acids is 2. The molecule has 1 aromatic carbocycles. The molecule has 0 spiro atoms. The lowest BCUT2D eigenvalue weighted by molar-refractivity contribution is -0.152. The van der Waals surface area contributed by atoms with Crippen LogP contribution in [0.25, 0.3) is 0 Å². The van der Waals surface area contributed by atoms with E-state index in [4.69, 9.17) is 16.3 Å². The Labute approximate surface area is 142 Å². The maximum atomic E-state index is 12.6. The maximum Gasteiger partial charge on any atom is 0.318 e. The van der Waals surface area contributed by atoms with Crippen molar-refractivity contribution in [3.8, 4) is 0 Å². The molecule has 5 heteroatoms. The van der Waals surface area contributed by atoms with Crippen molar-refractivity contribution in [2.24, 2.45) is 11.8 Å². The van der Waals surface area contributed by atoms with Gasteiger partial charge in [0.2, 0.25) is 5.91 Å². The van der Waals surface area contributed by atoms with Gasteiger partial charge in [-0.2, -0.15) is 0 Å². The minimum atomic E-state index is -0.703. The lowest BCUT2D eigenvalue weighted by atomic mass is 9.85. The van der Waals surface area contributed by atoms with Crippen molar-refractivity contribution in [3.05, 3.63) is 34.9 Å². The quantitative estimate of drug-likeness (QED) is 0.506. The lowest BCUT2D eigenvalue weighted by Gasteiger charge is -2.23. The molecule has 1 amide bonds. The highest BCUT2D eigenvalue weighted by molar-refractivity contribution is 6.30. The van der Waals surface area contributed by atoms with Crippen molar-refractivity contribution in [2.45, 2.75) is 45.1 Å². The zero-order valence-corrected chi connectivity index (χ0v) is 14.3. The molecular formula is C18H24ClNO3. The average Bonchev–Trinajstić information content (AvgIpc) is 2.83. The summed E-state index contributed by atoms with van der Waals surface area (Å²) in [5.41, 5.74) is 0.951. The van der Waals surface area contributed by atoms with Crippen LogP contribution < -0.4 is 5.32 Å². The van der Waals surface area contributed by atoms with Crippen LogP contribution in [0.3, 0.4) is 0 Å². The van der Waals surface area contributed by atoms with Crippen LogP contribution in [0, 0.1) is 11.8 Å². The van der Waals surface area contributed by atoms with Crippen LogP contribution in [0.4, 0.5) is 0 Å². The summed E-state index contributed by atoms with van der Waals surface area (Å²) in [7, 11) is 1.35. The van der Waals surface area contributed by atoms with Gasteiger partial charge in [0.15, 0.2) is 0 Å². The molecule has 0 aromatic heterocycles. The molecule has 0 unspecified atom stereocenters. The van der Waals surface area contributed by atoms with E-state index in [1.165, 1.54) is 20.0 Å². The molecule has 1 aliphatic rings. The second-order valence-electron chi connectivity index (χ2n) is 6.10. The van der Waals surface area contributed by atoms with Gasteiger partial charge in [0.1, 0.15) is 5.92 Å². The lowest BCUT2D eigenvalue weighted by Crippen LogP contribution is -2.40. The van der Waals surface area contributed by atoms with Gasteiger partial charge in [-0.05, 0) is 36.5 Å². The standard InChI is InChI=1S/C18H24ClNO3/c1-23-18(22)16(14-6-4-2-3-5-7-14)17(21)20-12-13-8-10-15(19)11-9-13/h8-11,14,16H,2-7,12H2,1H3,(H,20,21)/t16-/m1/s1. The third-order valence-electron chi connectivity index (χ3n) is 4.49. The Morgan fingerprint density at radius 2 is 1.78 bits per heavy atom. The van der Waals surface area contributed by atoms with Crippen molar-refractivity contribution in [2.75, 3.05) is 7.11 Å². The number of ether oxygens (including phenoxy) is 1. The number of methoxy groups -OCH3 is 1. The van der Waals surface area contributed by atoms with E-state index in [0.29, 0.717) is 11.6 Å². The molecule has 1 atom stereocenters. The molecule has 1 saturated carbocycles. The van der Waals surface area contributed by atoms with E-state index in [-0.39, 0.29) is 11.8 Å². The van der Waals surface area contributed by atoms with E-state index in [0.717, 1.165) is 31.2 Å². The van der Waals surface area contributed by atoms with Crippen molar-refractivity contribution < 1.29 is 14.3 Å². The second kappa shape index (κ2) is 8.92. The van der Waals surface area contributed by atoms with Crippen LogP contribution in [0.15, 0.2) is 24.3 Å². The van der Waals surface area contributed by atoms with E-state index in [2.05, 4.69) is 5.32 Å². The zero-order valence-electron chi connectivity index (χ0n) is 13.5. The first kappa shape index (κ1) is 17.8. The average molecular weight is 338 g/mol. The summed E-state index contributed by atoms with van der Waals surface area (Å²) in [5.74, 6) is -1.29. The van der Waals surface area contributed by atoms with Gasteiger partial charge >= 0.3 is 5.97 Å². The highest BCUT2D eigenvalue weighted by Gasteiger charge is 2.35. The van der Waals surface area contributed by atoms with E-state index in [1.54, 1.807) is 12.1 Å². The third-order valence-corrected chi connectivity index (χ3v) is 4.74. The molecule has 0 bridgehead atoms. The summed E-state index contributed by atoms with van der Waals surface area (Å²) < 4.78 is 4.88. The van der Waals surface area contributed by atoms with E-state index < -0.39 is 11.9 Å². The Balaban J connectivity index is 2.00. The number of esters is 1. The molecular weight excluding hydrogens is 314 g/mol. The Morgan fingerprint density at radius 3 is 2.35 bits per heavy atom. The zero-order chi connectivity index (χ0) is 16.7. The molecule has 4 nitrogen and oxygen atoms in total.